The van der Waals surface area contributed by atoms with E-state index in [0.717, 1.165) is 6.07 Å². The van der Waals surface area contributed by atoms with Crippen molar-refractivity contribution in [2.45, 2.75) is 19.3 Å². The molecule has 1 aromatic carbocycles. The summed E-state index contributed by atoms with van der Waals surface area (Å²) in [4.78, 5) is 0. The maximum absolute atomic E-state index is 13.3. The molecule has 0 spiro atoms. The summed E-state index contributed by atoms with van der Waals surface area (Å²) < 4.78 is 13.3. The molecule has 2 nitrogen and oxygen atoms in total. The fourth-order valence-electron chi connectivity index (χ4n) is 1.14. The minimum Gasteiger partial charge on any atom is -0.508 e. The van der Waals surface area contributed by atoms with Gasteiger partial charge in [-0.1, -0.05) is 19.9 Å². The molecular weight excluding hydrogens is 171 g/mol. The van der Waals surface area contributed by atoms with Crippen molar-refractivity contribution < 1.29 is 14.6 Å². The summed E-state index contributed by atoms with van der Waals surface area (Å²) in [5, 5.41) is 18.0. The van der Waals surface area contributed by atoms with E-state index in [-0.39, 0.29) is 12.4 Å². The van der Waals surface area contributed by atoms with Crippen molar-refractivity contribution in [3.05, 3.63) is 29.6 Å². The van der Waals surface area contributed by atoms with Gasteiger partial charge in [0.1, 0.15) is 11.6 Å². The van der Waals surface area contributed by atoms with Crippen LogP contribution in [0.15, 0.2) is 18.2 Å². The van der Waals surface area contributed by atoms with Gasteiger partial charge in [-0.3, -0.25) is 0 Å². The molecule has 0 amide bonds. The molecule has 0 atom stereocenters. The van der Waals surface area contributed by atoms with E-state index in [1.54, 1.807) is 13.8 Å². The summed E-state index contributed by atoms with van der Waals surface area (Å²) in [7, 11) is 0. The summed E-state index contributed by atoms with van der Waals surface area (Å²) >= 11 is 0. The van der Waals surface area contributed by atoms with Gasteiger partial charge in [0.2, 0.25) is 0 Å². The van der Waals surface area contributed by atoms with Crippen molar-refractivity contribution in [1.82, 2.24) is 0 Å². The van der Waals surface area contributed by atoms with Crippen molar-refractivity contribution in [2.75, 3.05) is 6.61 Å². The number of phenolic OH excluding ortho intramolecular Hbond substituents is 1. The maximum Gasteiger partial charge on any atom is 0.130 e. The quantitative estimate of drug-likeness (QED) is 0.735. The van der Waals surface area contributed by atoms with E-state index in [1.165, 1.54) is 12.1 Å². The molecule has 0 saturated heterocycles. The lowest BCUT2D eigenvalue weighted by molar-refractivity contribution is 0.215. The Morgan fingerprint density at radius 2 is 2.00 bits per heavy atom. The second-order valence-corrected chi connectivity index (χ2v) is 3.71. The molecule has 0 aliphatic carbocycles. The van der Waals surface area contributed by atoms with Gasteiger partial charge in [0.25, 0.3) is 0 Å². The Hall–Kier alpha value is -1.09. The van der Waals surface area contributed by atoms with Crippen molar-refractivity contribution in [1.29, 1.82) is 0 Å². The summed E-state index contributed by atoms with van der Waals surface area (Å²) in [5.74, 6) is -0.589. The van der Waals surface area contributed by atoms with Crippen LogP contribution in [0.25, 0.3) is 0 Å². The Bertz CT molecular complexity index is 308. The number of hydrogen-bond acceptors (Lipinski definition) is 2. The van der Waals surface area contributed by atoms with Crippen LogP contribution in [0.1, 0.15) is 19.4 Å². The monoisotopic (exact) mass is 184 g/mol. The van der Waals surface area contributed by atoms with Crippen molar-refractivity contribution in [3.8, 4) is 5.75 Å². The summed E-state index contributed by atoms with van der Waals surface area (Å²) in [6.07, 6.45) is 0. The molecular formula is C10H13FO2. The van der Waals surface area contributed by atoms with Gasteiger partial charge in [0.05, 0.1) is 6.61 Å². The number of aliphatic hydroxyl groups excluding tert-OH is 1. The number of halogens is 1. The number of aliphatic hydroxyl groups is 1. The van der Waals surface area contributed by atoms with Crippen LogP contribution in [-0.2, 0) is 5.41 Å². The predicted octanol–water partition coefficient (Wildman–Crippen LogP) is 1.80. The lowest BCUT2D eigenvalue weighted by Gasteiger charge is -2.22. The Morgan fingerprint density at radius 3 is 2.46 bits per heavy atom. The molecule has 3 heteroatoms. The molecule has 0 aromatic heterocycles. The molecule has 0 aliphatic rings. The van der Waals surface area contributed by atoms with Gasteiger partial charge < -0.3 is 10.2 Å². The highest BCUT2D eigenvalue weighted by molar-refractivity contribution is 5.32. The minimum absolute atomic E-state index is 0.102. The summed E-state index contributed by atoms with van der Waals surface area (Å²) in [5.41, 5.74) is -0.203. The van der Waals surface area contributed by atoms with Crippen LogP contribution in [0.5, 0.6) is 5.75 Å². The Balaban J connectivity index is 3.16. The molecule has 0 unspecified atom stereocenters. The van der Waals surface area contributed by atoms with E-state index >= 15 is 0 Å². The predicted molar refractivity (Wildman–Crippen MR) is 48.2 cm³/mol. The number of aromatic hydroxyl groups is 1. The van der Waals surface area contributed by atoms with Crippen LogP contribution in [0.4, 0.5) is 4.39 Å². The minimum atomic E-state index is -0.613. The second-order valence-electron chi connectivity index (χ2n) is 3.71. The van der Waals surface area contributed by atoms with Gasteiger partial charge in [-0.15, -0.1) is 0 Å². The summed E-state index contributed by atoms with van der Waals surface area (Å²) in [6, 6.07) is 3.95. The largest absolute Gasteiger partial charge is 0.508 e. The van der Waals surface area contributed by atoms with E-state index in [0.29, 0.717) is 5.56 Å². The van der Waals surface area contributed by atoms with E-state index < -0.39 is 11.2 Å². The van der Waals surface area contributed by atoms with Crippen molar-refractivity contribution >= 4 is 0 Å². The lowest BCUT2D eigenvalue weighted by Crippen LogP contribution is -2.23. The summed E-state index contributed by atoms with van der Waals surface area (Å²) in [6.45, 7) is 3.35. The fourth-order valence-corrected chi connectivity index (χ4v) is 1.14. The maximum atomic E-state index is 13.3. The number of benzene rings is 1. The molecule has 1 aromatic rings. The Kier molecular flexibility index (Phi) is 2.57. The Labute approximate surface area is 76.6 Å². The van der Waals surface area contributed by atoms with Gasteiger partial charge in [-0.05, 0) is 11.6 Å². The van der Waals surface area contributed by atoms with E-state index in [9.17, 15) is 4.39 Å². The number of rotatable bonds is 2. The standard InChI is InChI=1S/C10H13FO2/c1-10(2,6-12)8-4-3-7(13)5-9(8)11/h3-5,12-13H,6H2,1-2H3. The molecule has 0 heterocycles. The van der Waals surface area contributed by atoms with Gasteiger partial charge in [0, 0.05) is 11.5 Å². The third-order valence-corrected chi connectivity index (χ3v) is 2.08. The smallest absolute Gasteiger partial charge is 0.130 e. The van der Waals surface area contributed by atoms with Crippen LogP contribution in [0, 0.1) is 5.82 Å². The van der Waals surface area contributed by atoms with Crippen LogP contribution in [-0.4, -0.2) is 16.8 Å². The zero-order valence-electron chi connectivity index (χ0n) is 7.71. The molecule has 2 N–H and O–H groups in total. The number of phenols is 1. The molecule has 0 bridgehead atoms. The van der Waals surface area contributed by atoms with Crippen molar-refractivity contribution in [3.63, 3.8) is 0 Å². The van der Waals surface area contributed by atoms with Gasteiger partial charge in [-0.25, -0.2) is 4.39 Å². The molecule has 1 rings (SSSR count). The van der Waals surface area contributed by atoms with Crippen LogP contribution in [0.3, 0.4) is 0 Å². The van der Waals surface area contributed by atoms with Gasteiger partial charge in [0.15, 0.2) is 0 Å². The van der Waals surface area contributed by atoms with Crippen LogP contribution in [0.2, 0.25) is 0 Å². The first kappa shape index (κ1) is 9.99. The molecule has 0 fully saturated rings. The molecule has 0 saturated carbocycles. The van der Waals surface area contributed by atoms with Gasteiger partial charge >= 0.3 is 0 Å². The first-order valence-electron chi connectivity index (χ1n) is 4.07. The van der Waals surface area contributed by atoms with Crippen LogP contribution >= 0.6 is 0 Å². The number of hydrogen-bond donors (Lipinski definition) is 2. The first-order valence-corrected chi connectivity index (χ1v) is 4.07. The average Bonchev–Trinajstić information content (AvgIpc) is 2.03. The highest BCUT2D eigenvalue weighted by Gasteiger charge is 2.23. The van der Waals surface area contributed by atoms with Gasteiger partial charge in [-0.2, -0.15) is 0 Å². The topological polar surface area (TPSA) is 40.5 Å². The molecule has 0 aliphatic heterocycles. The SMILES string of the molecule is CC(C)(CO)c1ccc(O)cc1F. The second kappa shape index (κ2) is 3.34. The van der Waals surface area contributed by atoms with E-state index in [1.807, 2.05) is 0 Å². The average molecular weight is 184 g/mol. The Morgan fingerprint density at radius 1 is 1.38 bits per heavy atom. The van der Waals surface area contributed by atoms with Crippen LogP contribution < -0.4 is 0 Å². The highest BCUT2D eigenvalue weighted by atomic mass is 19.1. The first-order chi connectivity index (χ1) is 5.97. The zero-order chi connectivity index (χ0) is 10.1. The molecule has 72 valence electrons. The van der Waals surface area contributed by atoms with E-state index in [2.05, 4.69) is 0 Å². The molecule has 0 radical (unpaired) electrons. The highest BCUT2D eigenvalue weighted by Crippen LogP contribution is 2.27. The third-order valence-electron chi connectivity index (χ3n) is 2.08. The third kappa shape index (κ3) is 1.98. The normalized spacial score (nSPS) is 11.7. The van der Waals surface area contributed by atoms with E-state index in [4.69, 9.17) is 10.2 Å². The fraction of sp³-hybridized carbons (Fsp3) is 0.400. The zero-order valence-corrected chi connectivity index (χ0v) is 7.71. The van der Waals surface area contributed by atoms with Crippen molar-refractivity contribution in [2.24, 2.45) is 0 Å². The lowest BCUT2D eigenvalue weighted by atomic mass is 9.85. The molecule has 13 heavy (non-hydrogen) atoms.